The van der Waals surface area contributed by atoms with Crippen molar-refractivity contribution in [2.75, 3.05) is 13.6 Å². The van der Waals surface area contributed by atoms with Crippen molar-refractivity contribution in [1.82, 2.24) is 9.88 Å². The lowest BCUT2D eigenvalue weighted by molar-refractivity contribution is 0.0966. The van der Waals surface area contributed by atoms with Crippen LogP contribution in [0.15, 0.2) is 24.4 Å². The average molecular weight is 234 g/mol. The van der Waals surface area contributed by atoms with Crippen LogP contribution < -0.4 is 0 Å². The van der Waals surface area contributed by atoms with E-state index in [-0.39, 0.29) is 6.10 Å². The maximum atomic E-state index is 9.47. The minimum absolute atomic E-state index is 0.0488. The first-order chi connectivity index (χ1) is 8.24. The summed E-state index contributed by atoms with van der Waals surface area (Å²) in [4.78, 5) is 6.68. The van der Waals surface area contributed by atoms with Crippen molar-refractivity contribution in [3.63, 3.8) is 0 Å². The second kappa shape index (κ2) is 6.12. The fourth-order valence-electron chi connectivity index (χ4n) is 2.60. The molecular weight excluding hydrogens is 212 g/mol. The van der Waals surface area contributed by atoms with Gasteiger partial charge in [0.1, 0.15) is 0 Å². The molecule has 0 radical (unpaired) electrons. The molecule has 3 nitrogen and oxygen atoms in total. The van der Waals surface area contributed by atoms with Gasteiger partial charge in [-0.15, -0.1) is 0 Å². The van der Waals surface area contributed by atoms with E-state index in [1.54, 1.807) is 0 Å². The normalized spacial score (nSPS) is 25.1. The SMILES string of the molecule is CN(Cc1ccccn1)CC1CCC(O)CC1. The highest BCUT2D eigenvalue weighted by atomic mass is 16.3. The Morgan fingerprint density at radius 3 is 2.71 bits per heavy atom. The molecule has 0 aliphatic heterocycles. The van der Waals surface area contributed by atoms with Crippen LogP contribution in [-0.4, -0.2) is 34.7 Å². The van der Waals surface area contributed by atoms with Gasteiger partial charge in [-0.3, -0.25) is 4.98 Å². The summed E-state index contributed by atoms with van der Waals surface area (Å²) in [7, 11) is 2.15. The molecule has 1 aliphatic carbocycles. The van der Waals surface area contributed by atoms with Gasteiger partial charge in [0.2, 0.25) is 0 Å². The van der Waals surface area contributed by atoms with E-state index in [0.717, 1.165) is 50.4 Å². The highest BCUT2D eigenvalue weighted by Gasteiger charge is 2.20. The van der Waals surface area contributed by atoms with Crippen molar-refractivity contribution in [2.45, 2.75) is 38.3 Å². The van der Waals surface area contributed by atoms with E-state index in [2.05, 4.69) is 23.0 Å². The van der Waals surface area contributed by atoms with Crippen LogP contribution in [0.4, 0.5) is 0 Å². The van der Waals surface area contributed by atoms with Crippen LogP contribution in [0.3, 0.4) is 0 Å². The molecule has 1 heterocycles. The number of nitrogens with zero attached hydrogens (tertiary/aromatic N) is 2. The van der Waals surface area contributed by atoms with Gasteiger partial charge in [0.15, 0.2) is 0 Å². The van der Waals surface area contributed by atoms with E-state index in [1.165, 1.54) is 0 Å². The molecule has 0 unspecified atom stereocenters. The van der Waals surface area contributed by atoms with Gasteiger partial charge in [0, 0.05) is 19.3 Å². The Kier molecular flexibility index (Phi) is 4.51. The summed E-state index contributed by atoms with van der Waals surface area (Å²) in [6.07, 6.45) is 6.07. The fourth-order valence-corrected chi connectivity index (χ4v) is 2.60. The maximum absolute atomic E-state index is 9.47. The summed E-state index contributed by atoms with van der Waals surface area (Å²) in [5.41, 5.74) is 1.13. The molecule has 17 heavy (non-hydrogen) atoms. The Hall–Kier alpha value is -0.930. The molecule has 1 N–H and O–H groups in total. The second-order valence-electron chi connectivity index (χ2n) is 5.19. The number of aromatic nitrogens is 1. The smallest absolute Gasteiger partial charge is 0.0543 e. The number of rotatable bonds is 4. The van der Waals surface area contributed by atoms with Crippen molar-refractivity contribution in [3.05, 3.63) is 30.1 Å². The van der Waals surface area contributed by atoms with Gasteiger partial charge in [0.25, 0.3) is 0 Å². The van der Waals surface area contributed by atoms with Crippen molar-refractivity contribution in [2.24, 2.45) is 5.92 Å². The second-order valence-corrected chi connectivity index (χ2v) is 5.19. The van der Waals surface area contributed by atoms with Gasteiger partial charge >= 0.3 is 0 Å². The lowest BCUT2D eigenvalue weighted by Gasteiger charge is -2.29. The zero-order chi connectivity index (χ0) is 12.1. The molecule has 94 valence electrons. The van der Waals surface area contributed by atoms with Gasteiger partial charge in [-0.1, -0.05) is 6.07 Å². The van der Waals surface area contributed by atoms with Gasteiger partial charge in [-0.25, -0.2) is 0 Å². The molecule has 1 saturated carbocycles. The molecule has 3 heteroatoms. The average Bonchev–Trinajstić information content (AvgIpc) is 2.33. The molecule has 1 aromatic rings. The zero-order valence-electron chi connectivity index (χ0n) is 10.5. The standard InChI is InChI=1S/C14H22N2O/c1-16(11-13-4-2-3-9-15-13)10-12-5-7-14(17)8-6-12/h2-4,9,12,14,17H,5-8,10-11H2,1H3. The molecule has 0 atom stereocenters. The predicted octanol–water partition coefficient (Wildman–Crippen LogP) is 2.06. The number of aliphatic hydroxyl groups excluding tert-OH is 1. The molecule has 1 aromatic heterocycles. The quantitative estimate of drug-likeness (QED) is 0.866. The highest BCUT2D eigenvalue weighted by molar-refractivity contribution is 5.03. The van der Waals surface area contributed by atoms with Crippen molar-refractivity contribution in [3.8, 4) is 0 Å². The Balaban J connectivity index is 1.76. The topological polar surface area (TPSA) is 36.4 Å². The van der Waals surface area contributed by atoms with Crippen LogP contribution >= 0.6 is 0 Å². The number of aliphatic hydroxyl groups is 1. The predicted molar refractivity (Wildman–Crippen MR) is 68.5 cm³/mol. The summed E-state index contributed by atoms with van der Waals surface area (Å²) in [5, 5.41) is 9.47. The molecule has 2 rings (SSSR count). The number of hydrogen-bond acceptors (Lipinski definition) is 3. The van der Waals surface area contributed by atoms with Crippen molar-refractivity contribution >= 4 is 0 Å². The van der Waals surface area contributed by atoms with Crippen LogP contribution in [0.1, 0.15) is 31.4 Å². The fraction of sp³-hybridized carbons (Fsp3) is 0.643. The third-order valence-electron chi connectivity index (χ3n) is 3.54. The maximum Gasteiger partial charge on any atom is 0.0543 e. The lowest BCUT2D eigenvalue weighted by Crippen LogP contribution is -2.29. The van der Waals surface area contributed by atoms with Crippen LogP contribution in [-0.2, 0) is 6.54 Å². The third-order valence-corrected chi connectivity index (χ3v) is 3.54. The Bertz CT molecular complexity index is 320. The highest BCUT2D eigenvalue weighted by Crippen LogP contribution is 2.24. The largest absolute Gasteiger partial charge is 0.393 e. The molecule has 0 saturated heterocycles. The van der Waals surface area contributed by atoms with Crippen LogP contribution in [0.25, 0.3) is 0 Å². The molecule has 1 fully saturated rings. The Morgan fingerprint density at radius 2 is 2.06 bits per heavy atom. The van der Waals surface area contributed by atoms with E-state index in [4.69, 9.17) is 0 Å². The van der Waals surface area contributed by atoms with Crippen LogP contribution in [0.2, 0.25) is 0 Å². The van der Waals surface area contributed by atoms with E-state index < -0.39 is 0 Å². The summed E-state index contributed by atoms with van der Waals surface area (Å²) in [5.74, 6) is 0.743. The van der Waals surface area contributed by atoms with Gasteiger partial charge in [-0.2, -0.15) is 0 Å². The first-order valence-corrected chi connectivity index (χ1v) is 6.50. The number of pyridine rings is 1. The molecule has 1 aliphatic rings. The van der Waals surface area contributed by atoms with E-state index in [0.29, 0.717) is 0 Å². The molecule has 0 spiro atoms. The zero-order valence-corrected chi connectivity index (χ0v) is 10.5. The molecular formula is C14H22N2O. The van der Waals surface area contributed by atoms with Crippen molar-refractivity contribution in [1.29, 1.82) is 0 Å². The van der Waals surface area contributed by atoms with E-state index in [9.17, 15) is 5.11 Å². The van der Waals surface area contributed by atoms with Crippen molar-refractivity contribution < 1.29 is 5.11 Å². The summed E-state index contributed by atoms with van der Waals surface area (Å²) in [6, 6.07) is 6.06. The molecule has 0 bridgehead atoms. The van der Waals surface area contributed by atoms with Gasteiger partial charge in [-0.05, 0) is 50.8 Å². The first kappa shape index (κ1) is 12.5. The first-order valence-electron chi connectivity index (χ1n) is 6.50. The summed E-state index contributed by atoms with van der Waals surface area (Å²) < 4.78 is 0. The minimum Gasteiger partial charge on any atom is -0.393 e. The lowest BCUT2D eigenvalue weighted by atomic mass is 9.87. The van der Waals surface area contributed by atoms with E-state index >= 15 is 0 Å². The Labute approximate surface area is 103 Å². The summed E-state index contributed by atoms with van der Waals surface area (Å²) in [6.45, 7) is 2.03. The van der Waals surface area contributed by atoms with Gasteiger partial charge < -0.3 is 10.0 Å². The monoisotopic (exact) mass is 234 g/mol. The summed E-state index contributed by atoms with van der Waals surface area (Å²) >= 11 is 0. The van der Waals surface area contributed by atoms with Gasteiger partial charge in [0.05, 0.1) is 11.8 Å². The number of hydrogen-bond donors (Lipinski definition) is 1. The van der Waals surface area contributed by atoms with Crippen LogP contribution in [0, 0.1) is 5.92 Å². The third kappa shape index (κ3) is 4.10. The Morgan fingerprint density at radius 1 is 1.29 bits per heavy atom. The van der Waals surface area contributed by atoms with Crippen LogP contribution in [0.5, 0.6) is 0 Å². The molecule has 0 amide bonds. The minimum atomic E-state index is -0.0488. The van der Waals surface area contributed by atoms with E-state index in [1.807, 2.05) is 18.3 Å². The molecule has 0 aromatic carbocycles.